The first-order valence-electron chi connectivity index (χ1n) is 10.2. The highest BCUT2D eigenvalue weighted by Gasteiger charge is 2.43. The van der Waals surface area contributed by atoms with E-state index >= 15 is 0 Å². The molecule has 0 aromatic heterocycles. The third-order valence-corrected chi connectivity index (χ3v) is 8.02. The van der Waals surface area contributed by atoms with Crippen LogP contribution in [0.2, 0.25) is 0 Å². The summed E-state index contributed by atoms with van der Waals surface area (Å²) in [5.41, 5.74) is 1.38. The molecule has 0 unspecified atom stereocenters. The lowest BCUT2D eigenvalue weighted by Crippen LogP contribution is -2.64. The van der Waals surface area contributed by atoms with Crippen LogP contribution in [0, 0.1) is 12.7 Å². The lowest BCUT2D eigenvalue weighted by molar-refractivity contribution is 0.241. The molecule has 2 heterocycles. The Labute approximate surface area is 189 Å². The Kier molecular flexibility index (Phi) is 7.36. The van der Waals surface area contributed by atoms with Gasteiger partial charge in [-0.3, -0.25) is 4.99 Å². The minimum Gasteiger partial charge on any atom is -0.368 e. The summed E-state index contributed by atoms with van der Waals surface area (Å²) in [5.74, 6) is 0.611. The molecule has 2 aliphatic heterocycles. The van der Waals surface area contributed by atoms with Crippen LogP contribution in [-0.2, 0) is 16.6 Å². The zero-order valence-electron chi connectivity index (χ0n) is 17.5. The lowest BCUT2D eigenvalue weighted by Gasteiger charge is -2.44. The summed E-state index contributed by atoms with van der Waals surface area (Å²) in [6, 6.07) is 13.5. The molecule has 31 heavy (non-hydrogen) atoms. The van der Waals surface area contributed by atoms with Crippen molar-refractivity contribution < 1.29 is 12.8 Å². The molecular formula is C22H28ClFN4O2S. The van der Waals surface area contributed by atoms with Crippen molar-refractivity contribution in [2.24, 2.45) is 4.99 Å². The maximum atomic E-state index is 13.1. The topological polar surface area (TPSA) is 73.8 Å². The Morgan fingerprint density at radius 3 is 2.48 bits per heavy atom. The van der Waals surface area contributed by atoms with Crippen LogP contribution in [0.3, 0.4) is 0 Å². The monoisotopic (exact) mass is 466 g/mol. The Hall–Kier alpha value is -2.00. The number of rotatable bonds is 4. The molecule has 0 amide bonds. The van der Waals surface area contributed by atoms with Crippen molar-refractivity contribution in [2.45, 2.75) is 36.7 Å². The van der Waals surface area contributed by atoms with E-state index in [1.165, 1.54) is 12.1 Å². The van der Waals surface area contributed by atoms with Crippen molar-refractivity contribution in [2.75, 3.05) is 26.2 Å². The van der Waals surface area contributed by atoms with Crippen LogP contribution in [-0.4, -0.2) is 50.3 Å². The van der Waals surface area contributed by atoms with E-state index < -0.39 is 10.0 Å². The third kappa shape index (κ3) is 4.92. The molecule has 0 bridgehead atoms. The second-order valence-corrected chi connectivity index (χ2v) is 9.80. The van der Waals surface area contributed by atoms with Crippen molar-refractivity contribution in [1.82, 2.24) is 14.9 Å². The first kappa shape index (κ1) is 23.7. The predicted molar refractivity (Wildman–Crippen MR) is 123 cm³/mol. The highest BCUT2D eigenvalue weighted by atomic mass is 35.5. The quantitative estimate of drug-likeness (QED) is 0.726. The van der Waals surface area contributed by atoms with E-state index in [9.17, 15) is 12.8 Å². The average molecular weight is 467 g/mol. The molecule has 4 rings (SSSR count). The number of aliphatic imine (C=N–C) groups is 1. The Morgan fingerprint density at radius 1 is 1.13 bits per heavy atom. The number of nitrogens with zero attached hydrogens (tertiary/aromatic N) is 2. The number of hydrogen-bond acceptors (Lipinski definition) is 5. The molecule has 2 aromatic carbocycles. The van der Waals surface area contributed by atoms with Crippen molar-refractivity contribution in [1.29, 1.82) is 0 Å². The summed E-state index contributed by atoms with van der Waals surface area (Å²) in [4.78, 5) is 5.08. The predicted octanol–water partition coefficient (Wildman–Crippen LogP) is 2.87. The van der Waals surface area contributed by atoms with E-state index in [-0.39, 0.29) is 23.8 Å². The number of halogens is 2. The molecular weight excluding hydrogens is 439 g/mol. The van der Waals surface area contributed by atoms with E-state index in [2.05, 4.69) is 10.6 Å². The lowest BCUT2D eigenvalue weighted by atomic mass is 9.85. The molecule has 0 atom stereocenters. The van der Waals surface area contributed by atoms with Crippen LogP contribution in [0.1, 0.15) is 24.0 Å². The number of nitrogens with one attached hydrogen (secondary N) is 2. The van der Waals surface area contributed by atoms with Gasteiger partial charge in [-0.1, -0.05) is 30.3 Å². The van der Waals surface area contributed by atoms with Gasteiger partial charge in [0.2, 0.25) is 10.0 Å². The van der Waals surface area contributed by atoms with Crippen molar-refractivity contribution in [3.63, 3.8) is 0 Å². The fourth-order valence-corrected chi connectivity index (χ4v) is 5.88. The maximum absolute atomic E-state index is 13.1. The van der Waals surface area contributed by atoms with Gasteiger partial charge in [-0.25, -0.2) is 12.8 Å². The van der Waals surface area contributed by atoms with E-state index in [1.54, 1.807) is 28.6 Å². The number of amidine groups is 1. The van der Waals surface area contributed by atoms with Crippen LogP contribution in [0.5, 0.6) is 0 Å². The molecule has 1 spiro atoms. The molecule has 0 saturated carbocycles. The number of piperidine rings is 1. The zero-order valence-corrected chi connectivity index (χ0v) is 19.1. The van der Waals surface area contributed by atoms with Gasteiger partial charge in [-0.15, -0.1) is 12.4 Å². The molecule has 2 aromatic rings. The van der Waals surface area contributed by atoms with Gasteiger partial charge in [0.1, 0.15) is 11.7 Å². The van der Waals surface area contributed by atoms with Gasteiger partial charge in [0.25, 0.3) is 0 Å². The van der Waals surface area contributed by atoms with E-state index in [1.807, 2.05) is 19.1 Å². The first-order chi connectivity index (χ1) is 14.4. The average Bonchev–Trinajstić information content (AvgIpc) is 2.75. The minimum atomic E-state index is -3.52. The number of hydrogen-bond donors (Lipinski definition) is 2. The molecule has 6 nitrogen and oxygen atoms in total. The van der Waals surface area contributed by atoms with Gasteiger partial charge in [-0.2, -0.15) is 4.31 Å². The Balaban J connectivity index is 0.00000272. The van der Waals surface area contributed by atoms with Crippen molar-refractivity contribution in [3.8, 4) is 0 Å². The van der Waals surface area contributed by atoms with E-state index in [0.29, 0.717) is 43.9 Å². The third-order valence-electron chi connectivity index (χ3n) is 5.96. The summed E-state index contributed by atoms with van der Waals surface area (Å²) in [6.07, 6.45) is 1.29. The Bertz CT molecular complexity index is 1040. The summed E-state index contributed by atoms with van der Waals surface area (Å²) in [6.45, 7) is 4.69. The number of benzene rings is 2. The van der Waals surface area contributed by atoms with Crippen LogP contribution in [0.4, 0.5) is 4.39 Å². The van der Waals surface area contributed by atoms with Crippen molar-refractivity contribution in [3.05, 3.63) is 65.5 Å². The number of sulfonamides is 1. The first-order valence-corrected chi connectivity index (χ1v) is 11.7. The van der Waals surface area contributed by atoms with Crippen LogP contribution in [0.25, 0.3) is 0 Å². The molecule has 1 fully saturated rings. The SMILES string of the molecule is Cc1ccccc1S(=O)(=O)N1CCC2(CC1)NCCN=C2NCc1ccc(F)cc1.Cl. The second kappa shape index (κ2) is 9.65. The molecule has 9 heteroatoms. The normalized spacial score (nSPS) is 18.8. The molecule has 0 radical (unpaired) electrons. The van der Waals surface area contributed by atoms with E-state index in [0.717, 1.165) is 23.5 Å². The minimum absolute atomic E-state index is 0. The summed E-state index contributed by atoms with van der Waals surface area (Å²) in [7, 11) is -3.52. The molecule has 168 valence electrons. The smallest absolute Gasteiger partial charge is 0.243 e. The van der Waals surface area contributed by atoms with Gasteiger partial charge in [0.15, 0.2) is 0 Å². The van der Waals surface area contributed by atoms with Crippen molar-refractivity contribution >= 4 is 28.3 Å². The van der Waals surface area contributed by atoms with Gasteiger partial charge in [0, 0.05) is 26.2 Å². The largest absolute Gasteiger partial charge is 0.368 e. The Morgan fingerprint density at radius 2 is 1.81 bits per heavy atom. The van der Waals surface area contributed by atoms with Gasteiger partial charge >= 0.3 is 0 Å². The molecule has 1 saturated heterocycles. The summed E-state index contributed by atoms with van der Waals surface area (Å²) >= 11 is 0. The molecule has 2 N–H and O–H groups in total. The maximum Gasteiger partial charge on any atom is 0.243 e. The highest BCUT2D eigenvalue weighted by Crippen LogP contribution is 2.29. The number of aryl methyl sites for hydroxylation is 1. The van der Waals surface area contributed by atoms with E-state index in [4.69, 9.17) is 4.99 Å². The fourth-order valence-electron chi connectivity index (χ4n) is 4.22. The summed E-state index contributed by atoms with van der Waals surface area (Å²) in [5, 5.41) is 6.99. The van der Waals surface area contributed by atoms with Gasteiger partial charge < -0.3 is 10.6 Å². The van der Waals surface area contributed by atoms with Crippen LogP contribution < -0.4 is 10.6 Å². The standard InChI is InChI=1S/C22H27FN4O2S.ClH/c1-17-4-2-3-5-20(17)30(28,29)27-14-10-22(11-15-27)21(24-12-13-26-22)25-16-18-6-8-19(23)9-7-18;/h2-9,26H,10-16H2,1H3,(H,24,25);1H. The van der Waals surface area contributed by atoms with Gasteiger partial charge in [0.05, 0.1) is 17.0 Å². The summed E-state index contributed by atoms with van der Waals surface area (Å²) < 4.78 is 41.0. The second-order valence-electron chi connectivity index (χ2n) is 7.89. The highest BCUT2D eigenvalue weighted by molar-refractivity contribution is 7.89. The van der Waals surface area contributed by atoms with Gasteiger partial charge in [-0.05, 0) is 49.1 Å². The fraction of sp³-hybridized carbons (Fsp3) is 0.409. The van der Waals surface area contributed by atoms with Crippen LogP contribution >= 0.6 is 12.4 Å². The zero-order chi connectivity index (χ0) is 21.2. The van der Waals surface area contributed by atoms with Crippen LogP contribution in [0.15, 0.2) is 58.4 Å². The molecule has 2 aliphatic rings. The molecule has 0 aliphatic carbocycles.